The lowest BCUT2D eigenvalue weighted by molar-refractivity contribution is 0.0596. The molecule has 4 nitrogen and oxygen atoms in total. The van der Waals surface area contributed by atoms with Gasteiger partial charge in [-0.05, 0) is 31.0 Å². The summed E-state index contributed by atoms with van der Waals surface area (Å²) in [4.78, 5) is 11.7. The van der Waals surface area contributed by atoms with Crippen LogP contribution in [0.3, 0.4) is 0 Å². The number of esters is 1. The Morgan fingerprint density at radius 1 is 1.39 bits per heavy atom. The largest absolute Gasteiger partial charge is 0.493 e. The molecule has 0 aliphatic heterocycles. The summed E-state index contributed by atoms with van der Waals surface area (Å²) in [7, 11) is 1.37. The summed E-state index contributed by atoms with van der Waals surface area (Å²) in [5.74, 6) is 0.712. The van der Waals surface area contributed by atoms with Gasteiger partial charge >= 0.3 is 5.97 Å². The number of anilines is 1. The van der Waals surface area contributed by atoms with E-state index in [1.54, 1.807) is 12.1 Å². The average molecular weight is 251 g/mol. The lowest BCUT2D eigenvalue weighted by Gasteiger charge is -2.13. The maximum atomic E-state index is 11.7. The van der Waals surface area contributed by atoms with Crippen LogP contribution in [0, 0.1) is 5.92 Å². The van der Waals surface area contributed by atoms with Crippen molar-refractivity contribution in [2.24, 2.45) is 5.92 Å². The minimum atomic E-state index is -0.383. The fraction of sp³-hybridized carbons (Fsp3) is 0.500. The first-order valence-electron chi connectivity index (χ1n) is 6.17. The Hall–Kier alpha value is -1.71. The molecule has 1 N–H and O–H groups in total. The number of carbonyl (C=O) groups excluding carboxylic acids is 1. The van der Waals surface area contributed by atoms with Gasteiger partial charge < -0.3 is 14.8 Å². The fourth-order valence-corrected chi connectivity index (χ4v) is 1.51. The van der Waals surface area contributed by atoms with E-state index in [0.29, 0.717) is 23.8 Å². The molecule has 4 heteroatoms. The molecule has 0 aliphatic rings. The Morgan fingerprint density at radius 3 is 2.67 bits per heavy atom. The van der Waals surface area contributed by atoms with Crippen molar-refractivity contribution in [1.29, 1.82) is 0 Å². The van der Waals surface area contributed by atoms with Crippen LogP contribution >= 0.6 is 0 Å². The zero-order valence-electron chi connectivity index (χ0n) is 11.4. The molecule has 0 heterocycles. The SMILES string of the molecule is CCOc1ccc(NCC(C)C)cc1C(=O)OC. The predicted octanol–water partition coefficient (Wildman–Crippen LogP) is 2.94. The predicted molar refractivity (Wildman–Crippen MR) is 72.3 cm³/mol. The first-order valence-corrected chi connectivity index (χ1v) is 6.17. The summed E-state index contributed by atoms with van der Waals surface area (Å²) in [5, 5.41) is 3.27. The number of nitrogens with one attached hydrogen (secondary N) is 1. The monoisotopic (exact) mass is 251 g/mol. The van der Waals surface area contributed by atoms with Crippen LogP contribution in [0.5, 0.6) is 5.75 Å². The molecule has 100 valence electrons. The van der Waals surface area contributed by atoms with Gasteiger partial charge in [-0.25, -0.2) is 4.79 Å². The highest BCUT2D eigenvalue weighted by molar-refractivity contribution is 5.93. The molecule has 1 aromatic carbocycles. The maximum Gasteiger partial charge on any atom is 0.341 e. The van der Waals surface area contributed by atoms with Gasteiger partial charge in [0, 0.05) is 12.2 Å². The number of benzene rings is 1. The number of methoxy groups -OCH3 is 1. The summed E-state index contributed by atoms with van der Waals surface area (Å²) in [6, 6.07) is 5.46. The van der Waals surface area contributed by atoms with Crippen molar-refractivity contribution in [3.8, 4) is 5.75 Å². The first kappa shape index (κ1) is 14.4. The lowest BCUT2D eigenvalue weighted by Crippen LogP contribution is -2.10. The Balaban J connectivity index is 2.93. The van der Waals surface area contributed by atoms with Gasteiger partial charge in [-0.3, -0.25) is 0 Å². The molecule has 0 bridgehead atoms. The molecule has 0 saturated carbocycles. The van der Waals surface area contributed by atoms with Gasteiger partial charge in [0.15, 0.2) is 0 Å². The molecule has 0 aliphatic carbocycles. The molecule has 0 atom stereocenters. The molecule has 1 rings (SSSR count). The van der Waals surface area contributed by atoms with Crippen molar-refractivity contribution in [3.05, 3.63) is 23.8 Å². The Kier molecular flexibility index (Phi) is 5.49. The highest BCUT2D eigenvalue weighted by atomic mass is 16.5. The van der Waals surface area contributed by atoms with E-state index in [1.165, 1.54) is 7.11 Å². The molecule has 0 amide bonds. The second kappa shape index (κ2) is 6.89. The Labute approximate surface area is 108 Å². The van der Waals surface area contributed by atoms with Crippen LogP contribution in [-0.4, -0.2) is 26.2 Å². The van der Waals surface area contributed by atoms with Crippen molar-refractivity contribution < 1.29 is 14.3 Å². The summed E-state index contributed by atoms with van der Waals surface area (Å²) >= 11 is 0. The molecule has 0 saturated heterocycles. The van der Waals surface area contributed by atoms with Gasteiger partial charge in [0.2, 0.25) is 0 Å². The third kappa shape index (κ3) is 3.95. The summed E-state index contributed by atoms with van der Waals surface area (Å²) in [6.45, 7) is 7.51. The standard InChI is InChI=1S/C14H21NO3/c1-5-18-13-7-6-11(15-9-10(2)3)8-12(13)14(16)17-4/h6-8,10,15H,5,9H2,1-4H3. The van der Waals surface area contributed by atoms with Crippen LogP contribution in [0.4, 0.5) is 5.69 Å². The van der Waals surface area contributed by atoms with Crippen LogP contribution in [0.25, 0.3) is 0 Å². The van der Waals surface area contributed by atoms with E-state index in [9.17, 15) is 4.79 Å². The highest BCUT2D eigenvalue weighted by Crippen LogP contribution is 2.24. The summed E-state index contributed by atoms with van der Waals surface area (Å²) in [5.41, 5.74) is 1.35. The van der Waals surface area contributed by atoms with E-state index in [2.05, 4.69) is 19.2 Å². The van der Waals surface area contributed by atoms with Crippen LogP contribution < -0.4 is 10.1 Å². The van der Waals surface area contributed by atoms with Crippen molar-refractivity contribution >= 4 is 11.7 Å². The Bertz CT molecular complexity index is 402. The average Bonchev–Trinajstić information content (AvgIpc) is 2.36. The summed E-state index contributed by atoms with van der Waals surface area (Å²) in [6.07, 6.45) is 0. The van der Waals surface area contributed by atoms with Crippen LogP contribution in [0.15, 0.2) is 18.2 Å². The van der Waals surface area contributed by atoms with Gasteiger partial charge in [-0.1, -0.05) is 13.8 Å². The molecule has 0 unspecified atom stereocenters. The second-order valence-electron chi connectivity index (χ2n) is 4.41. The minimum absolute atomic E-state index is 0.383. The maximum absolute atomic E-state index is 11.7. The van der Waals surface area contributed by atoms with E-state index in [4.69, 9.17) is 9.47 Å². The highest BCUT2D eigenvalue weighted by Gasteiger charge is 2.13. The molecule has 0 fully saturated rings. The molecular formula is C14H21NO3. The van der Waals surface area contributed by atoms with Crippen molar-refractivity contribution in [3.63, 3.8) is 0 Å². The van der Waals surface area contributed by atoms with Gasteiger partial charge in [0.05, 0.1) is 13.7 Å². The third-order valence-corrected chi connectivity index (χ3v) is 2.40. The van der Waals surface area contributed by atoms with Crippen molar-refractivity contribution in [1.82, 2.24) is 0 Å². The fourth-order valence-electron chi connectivity index (χ4n) is 1.51. The zero-order valence-corrected chi connectivity index (χ0v) is 11.4. The van der Waals surface area contributed by atoms with E-state index in [1.807, 2.05) is 13.0 Å². The molecule has 1 aromatic rings. The van der Waals surface area contributed by atoms with Gasteiger partial charge in [-0.2, -0.15) is 0 Å². The smallest absolute Gasteiger partial charge is 0.341 e. The van der Waals surface area contributed by atoms with E-state index in [0.717, 1.165) is 12.2 Å². The number of rotatable bonds is 6. The quantitative estimate of drug-likeness (QED) is 0.790. The number of hydrogen-bond donors (Lipinski definition) is 1. The van der Waals surface area contributed by atoms with Crippen LogP contribution in [0.1, 0.15) is 31.1 Å². The van der Waals surface area contributed by atoms with E-state index in [-0.39, 0.29) is 5.97 Å². The Morgan fingerprint density at radius 2 is 2.11 bits per heavy atom. The van der Waals surface area contributed by atoms with Gasteiger partial charge in [0.1, 0.15) is 11.3 Å². The minimum Gasteiger partial charge on any atom is -0.493 e. The number of carbonyl (C=O) groups is 1. The van der Waals surface area contributed by atoms with Gasteiger partial charge in [0.25, 0.3) is 0 Å². The zero-order chi connectivity index (χ0) is 13.5. The molecule has 0 radical (unpaired) electrons. The molecule has 0 spiro atoms. The van der Waals surface area contributed by atoms with Crippen molar-refractivity contribution in [2.75, 3.05) is 25.6 Å². The first-order chi connectivity index (χ1) is 8.58. The van der Waals surface area contributed by atoms with Crippen LogP contribution in [-0.2, 0) is 4.74 Å². The van der Waals surface area contributed by atoms with Crippen LogP contribution in [0.2, 0.25) is 0 Å². The molecule has 18 heavy (non-hydrogen) atoms. The summed E-state index contributed by atoms with van der Waals surface area (Å²) < 4.78 is 10.2. The van der Waals surface area contributed by atoms with E-state index < -0.39 is 0 Å². The van der Waals surface area contributed by atoms with Gasteiger partial charge in [-0.15, -0.1) is 0 Å². The number of ether oxygens (including phenoxy) is 2. The normalized spacial score (nSPS) is 10.3. The number of hydrogen-bond acceptors (Lipinski definition) is 4. The lowest BCUT2D eigenvalue weighted by atomic mass is 10.1. The second-order valence-corrected chi connectivity index (χ2v) is 4.41. The third-order valence-electron chi connectivity index (χ3n) is 2.40. The van der Waals surface area contributed by atoms with E-state index >= 15 is 0 Å². The van der Waals surface area contributed by atoms with Crippen molar-refractivity contribution in [2.45, 2.75) is 20.8 Å². The molecular weight excluding hydrogens is 230 g/mol. The topological polar surface area (TPSA) is 47.6 Å². The molecule has 0 aromatic heterocycles.